The molecule has 0 amide bonds. The van der Waals surface area contributed by atoms with E-state index in [-0.39, 0.29) is 35.1 Å². The van der Waals surface area contributed by atoms with Crippen LogP contribution in [-0.2, 0) is 10.0 Å². The maximum atomic E-state index is 12.3. The molecule has 0 atom stereocenters. The molecular formula is C11H14ClN3O2S. The molecule has 0 aromatic heterocycles. The van der Waals surface area contributed by atoms with Gasteiger partial charge in [0.15, 0.2) is 0 Å². The third kappa shape index (κ3) is 3.00. The maximum absolute atomic E-state index is 12.3. The van der Waals surface area contributed by atoms with Gasteiger partial charge in [-0.3, -0.25) is 0 Å². The molecule has 0 unspecified atom stereocenters. The van der Waals surface area contributed by atoms with Crippen LogP contribution in [-0.4, -0.2) is 32.4 Å². The summed E-state index contributed by atoms with van der Waals surface area (Å²) in [7, 11) is -3.73. The fourth-order valence-corrected chi connectivity index (χ4v) is 3.40. The van der Waals surface area contributed by atoms with Crippen LogP contribution in [0.5, 0.6) is 0 Å². The lowest BCUT2D eigenvalue weighted by Crippen LogP contribution is -2.35. The topological polar surface area (TPSA) is 87.2 Å². The number of likely N-dealkylation sites (N-methyl/N-ethyl adjacent to an activating group) is 1. The first-order valence-corrected chi connectivity index (χ1v) is 7.19. The van der Waals surface area contributed by atoms with E-state index < -0.39 is 10.0 Å². The molecule has 0 aliphatic heterocycles. The summed E-state index contributed by atoms with van der Waals surface area (Å²) < 4.78 is 25.9. The van der Waals surface area contributed by atoms with Gasteiger partial charge in [-0.25, -0.2) is 8.42 Å². The van der Waals surface area contributed by atoms with E-state index in [1.807, 2.05) is 6.07 Å². The molecule has 1 rings (SSSR count). The molecule has 0 saturated carbocycles. The first-order valence-electron chi connectivity index (χ1n) is 5.37. The van der Waals surface area contributed by atoms with Crippen molar-refractivity contribution in [3.63, 3.8) is 0 Å². The van der Waals surface area contributed by atoms with Crippen molar-refractivity contribution in [1.82, 2.24) is 4.31 Å². The molecular weight excluding hydrogens is 274 g/mol. The summed E-state index contributed by atoms with van der Waals surface area (Å²) in [5, 5.41) is 9.23. The number of sulfonamides is 1. The van der Waals surface area contributed by atoms with Crippen molar-refractivity contribution in [2.45, 2.75) is 11.8 Å². The van der Waals surface area contributed by atoms with Crippen molar-refractivity contribution in [2.24, 2.45) is 5.73 Å². The lowest BCUT2D eigenvalue weighted by Gasteiger charge is -2.20. The molecule has 0 heterocycles. The van der Waals surface area contributed by atoms with Crippen molar-refractivity contribution in [3.8, 4) is 6.07 Å². The zero-order chi connectivity index (χ0) is 13.8. The van der Waals surface area contributed by atoms with Crippen LogP contribution in [0.2, 0.25) is 5.02 Å². The van der Waals surface area contributed by atoms with Gasteiger partial charge in [-0.15, -0.1) is 0 Å². The standard InChI is InChI=1S/C11H14ClN3O2S/c1-2-15(6-5-13)18(16,17)11-7-10(12)4-3-9(11)8-14/h3-4,7H,2,5-6,13H2,1H3. The van der Waals surface area contributed by atoms with Crippen LogP contribution < -0.4 is 5.73 Å². The van der Waals surface area contributed by atoms with Crippen LogP contribution in [0.25, 0.3) is 0 Å². The molecule has 0 aliphatic carbocycles. The summed E-state index contributed by atoms with van der Waals surface area (Å²) in [4.78, 5) is -0.0761. The van der Waals surface area contributed by atoms with Gasteiger partial charge in [-0.05, 0) is 18.2 Å². The van der Waals surface area contributed by atoms with E-state index in [1.54, 1.807) is 6.92 Å². The molecule has 2 N–H and O–H groups in total. The van der Waals surface area contributed by atoms with Gasteiger partial charge in [0.2, 0.25) is 10.0 Å². The van der Waals surface area contributed by atoms with Crippen LogP contribution >= 0.6 is 11.6 Å². The molecule has 0 bridgehead atoms. The highest BCUT2D eigenvalue weighted by Gasteiger charge is 2.25. The van der Waals surface area contributed by atoms with Crippen molar-refractivity contribution in [2.75, 3.05) is 19.6 Å². The number of hydrogen-bond acceptors (Lipinski definition) is 4. The summed E-state index contributed by atoms with van der Waals surface area (Å²) in [5.41, 5.74) is 5.46. The average Bonchev–Trinajstić information content (AvgIpc) is 2.35. The summed E-state index contributed by atoms with van der Waals surface area (Å²) in [5.74, 6) is 0. The molecule has 0 radical (unpaired) electrons. The molecule has 0 spiro atoms. The highest BCUT2D eigenvalue weighted by atomic mass is 35.5. The Kier molecular flexibility index (Phi) is 5.11. The summed E-state index contributed by atoms with van der Waals surface area (Å²) in [6, 6.07) is 6.02. The van der Waals surface area contributed by atoms with Crippen molar-refractivity contribution < 1.29 is 8.42 Å². The molecule has 7 heteroatoms. The molecule has 98 valence electrons. The smallest absolute Gasteiger partial charge is 0.244 e. The molecule has 0 fully saturated rings. The van der Waals surface area contributed by atoms with E-state index in [4.69, 9.17) is 22.6 Å². The lowest BCUT2D eigenvalue weighted by molar-refractivity contribution is 0.435. The van der Waals surface area contributed by atoms with Gasteiger partial charge in [0.1, 0.15) is 11.0 Å². The zero-order valence-corrected chi connectivity index (χ0v) is 11.5. The van der Waals surface area contributed by atoms with Gasteiger partial charge < -0.3 is 5.73 Å². The highest BCUT2D eigenvalue weighted by molar-refractivity contribution is 7.89. The van der Waals surface area contributed by atoms with Crippen molar-refractivity contribution in [3.05, 3.63) is 28.8 Å². The minimum atomic E-state index is -3.73. The van der Waals surface area contributed by atoms with Crippen molar-refractivity contribution in [1.29, 1.82) is 5.26 Å². The van der Waals surface area contributed by atoms with Gasteiger partial charge in [-0.1, -0.05) is 18.5 Å². The van der Waals surface area contributed by atoms with Crippen molar-refractivity contribution >= 4 is 21.6 Å². The number of benzene rings is 1. The monoisotopic (exact) mass is 287 g/mol. The van der Waals surface area contributed by atoms with E-state index in [0.717, 1.165) is 0 Å². The number of rotatable bonds is 5. The van der Waals surface area contributed by atoms with Crippen LogP contribution in [0, 0.1) is 11.3 Å². The molecule has 1 aromatic rings. The van der Waals surface area contributed by atoms with Gasteiger partial charge in [0.25, 0.3) is 0 Å². The maximum Gasteiger partial charge on any atom is 0.244 e. The third-order valence-electron chi connectivity index (χ3n) is 2.41. The van der Waals surface area contributed by atoms with Gasteiger partial charge in [0, 0.05) is 24.7 Å². The Morgan fingerprint density at radius 3 is 2.67 bits per heavy atom. The fourth-order valence-electron chi connectivity index (χ4n) is 1.53. The first kappa shape index (κ1) is 14.9. The number of nitrogens with two attached hydrogens (primary N) is 1. The molecule has 18 heavy (non-hydrogen) atoms. The predicted molar refractivity (Wildman–Crippen MR) is 69.7 cm³/mol. The third-order valence-corrected chi connectivity index (χ3v) is 4.66. The minimum Gasteiger partial charge on any atom is -0.329 e. The number of halogens is 1. The summed E-state index contributed by atoms with van der Waals surface area (Å²) in [6.07, 6.45) is 0. The second-order valence-electron chi connectivity index (χ2n) is 3.54. The van der Waals surface area contributed by atoms with Crippen LogP contribution in [0.15, 0.2) is 23.1 Å². The molecule has 5 nitrogen and oxygen atoms in total. The van der Waals surface area contributed by atoms with Gasteiger partial charge in [-0.2, -0.15) is 9.57 Å². The minimum absolute atomic E-state index is 0.0761. The average molecular weight is 288 g/mol. The summed E-state index contributed by atoms with van der Waals surface area (Å²) >= 11 is 5.79. The number of nitrogens with zero attached hydrogens (tertiary/aromatic N) is 2. The highest BCUT2D eigenvalue weighted by Crippen LogP contribution is 2.23. The lowest BCUT2D eigenvalue weighted by atomic mass is 10.2. The molecule has 1 aromatic carbocycles. The molecule has 0 saturated heterocycles. The Balaban J connectivity index is 3.36. The Morgan fingerprint density at radius 2 is 2.17 bits per heavy atom. The van der Waals surface area contributed by atoms with Crippen LogP contribution in [0.1, 0.15) is 12.5 Å². The first-order chi connectivity index (χ1) is 8.47. The van der Waals surface area contributed by atoms with Crippen LogP contribution in [0.4, 0.5) is 0 Å². The Labute approximate surface area is 112 Å². The Morgan fingerprint density at radius 1 is 1.50 bits per heavy atom. The van der Waals surface area contributed by atoms with Crippen LogP contribution in [0.3, 0.4) is 0 Å². The van der Waals surface area contributed by atoms with E-state index >= 15 is 0 Å². The fraction of sp³-hybridized carbons (Fsp3) is 0.364. The predicted octanol–water partition coefficient (Wildman–Crippen LogP) is 1.18. The molecule has 0 aliphatic rings. The van der Waals surface area contributed by atoms with E-state index in [0.29, 0.717) is 0 Å². The number of nitriles is 1. The van der Waals surface area contributed by atoms with E-state index in [9.17, 15) is 8.42 Å². The SMILES string of the molecule is CCN(CCN)S(=O)(=O)c1cc(Cl)ccc1C#N. The van der Waals surface area contributed by atoms with Gasteiger partial charge >= 0.3 is 0 Å². The quantitative estimate of drug-likeness (QED) is 0.881. The Bertz CT molecular complexity index is 566. The van der Waals surface area contributed by atoms with E-state index in [2.05, 4.69) is 0 Å². The largest absolute Gasteiger partial charge is 0.329 e. The Hall–Kier alpha value is -1.13. The normalized spacial score (nSPS) is 11.5. The van der Waals surface area contributed by atoms with E-state index in [1.165, 1.54) is 22.5 Å². The van der Waals surface area contributed by atoms with Gasteiger partial charge in [0.05, 0.1) is 5.56 Å². The second kappa shape index (κ2) is 6.16. The summed E-state index contributed by atoms with van der Waals surface area (Å²) in [6.45, 7) is 2.42. The number of hydrogen-bond donors (Lipinski definition) is 1. The second-order valence-corrected chi connectivity index (χ2v) is 5.88. The zero-order valence-electron chi connectivity index (χ0n) is 9.93.